The van der Waals surface area contributed by atoms with Crippen LogP contribution < -0.4 is 15.4 Å². The minimum atomic E-state index is -0.407. The van der Waals surface area contributed by atoms with Gasteiger partial charge in [-0.3, -0.25) is 19.6 Å². The van der Waals surface area contributed by atoms with E-state index in [1.807, 2.05) is 24.3 Å². The zero-order valence-electron chi connectivity index (χ0n) is 14.9. The number of rotatable bonds is 7. The number of nitrogens with zero attached hydrogens (tertiary/aromatic N) is 1. The van der Waals surface area contributed by atoms with Gasteiger partial charge in [-0.2, -0.15) is 0 Å². The van der Waals surface area contributed by atoms with Crippen LogP contribution in [0.4, 0.5) is 11.4 Å². The number of terminal acetylenes is 1. The number of hydrogen-bond acceptors (Lipinski definition) is 6. The molecule has 7 nitrogen and oxygen atoms in total. The Kier molecular flexibility index (Phi) is 5.93. The number of nitrogens with one attached hydrogen (secondary N) is 4. The van der Waals surface area contributed by atoms with Gasteiger partial charge in [-0.25, -0.2) is 0 Å². The van der Waals surface area contributed by atoms with E-state index in [2.05, 4.69) is 26.8 Å². The van der Waals surface area contributed by atoms with Crippen molar-refractivity contribution in [1.29, 1.82) is 0 Å². The molecule has 0 radical (unpaired) electrons. The van der Waals surface area contributed by atoms with Gasteiger partial charge >= 0.3 is 0 Å². The fourth-order valence-electron chi connectivity index (χ4n) is 2.60. The largest absolute Gasteiger partial charge is 0.473 e. The molecule has 9 heteroatoms. The van der Waals surface area contributed by atoms with Crippen molar-refractivity contribution in [2.45, 2.75) is 0 Å². The van der Waals surface area contributed by atoms with Crippen LogP contribution in [-0.4, -0.2) is 34.3 Å². The Balaban J connectivity index is 1.72. The van der Waals surface area contributed by atoms with Crippen LogP contribution >= 0.6 is 24.4 Å². The topological polar surface area (TPSA) is 86.9 Å². The molecule has 0 aliphatic rings. The van der Waals surface area contributed by atoms with Gasteiger partial charge in [0.2, 0.25) is 5.78 Å². The minimum absolute atomic E-state index is 0.192. The molecule has 1 heterocycles. The van der Waals surface area contributed by atoms with Gasteiger partial charge in [-0.05, 0) is 66.8 Å². The molecule has 0 unspecified atom stereocenters. The smallest absolute Gasteiger partial charge is 0.237 e. The van der Waals surface area contributed by atoms with Crippen molar-refractivity contribution < 1.29 is 9.53 Å². The Morgan fingerprint density at radius 2 is 1.96 bits per heavy atom. The van der Waals surface area contributed by atoms with Crippen molar-refractivity contribution in [3.63, 3.8) is 0 Å². The zero-order chi connectivity index (χ0) is 20.1. The summed E-state index contributed by atoms with van der Waals surface area (Å²) < 4.78 is 8.38. The van der Waals surface area contributed by atoms with Gasteiger partial charge in [0.25, 0.3) is 0 Å². The first kappa shape index (κ1) is 19.4. The fraction of sp³-hybridized carbons (Fsp3) is 0.105. The second kappa shape index (κ2) is 8.56. The van der Waals surface area contributed by atoms with Crippen LogP contribution in [0.5, 0.6) is 5.75 Å². The summed E-state index contributed by atoms with van der Waals surface area (Å²) in [5.41, 5.74) is 2.68. The summed E-state index contributed by atoms with van der Waals surface area (Å²) in [6.45, 7) is 0.192. The predicted molar refractivity (Wildman–Crippen MR) is 114 cm³/mol. The normalized spacial score (nSPS) is 10.1. The van der Waals surface area contributed by atoms with Crippen LogP contribution in [0.2, 0.25) is 0 Å². The first-order chi connectivity index (χ1) is 13.5. The quantitative estimate of drug-likeness (QED) is 0.155. The Morgan fingerprint density at radius 3 is 2.64 bits per heavy atom. The van der Waals surface area contributed by atoms with Crippen molar-refractivity contribution in [2.24, 2.45) is 0 Å². The highest BCUT2D eigenvalue weighted by Gasteiger charge is 2.10. The molecule has 0 saturated carbocycles. The summed E-state index contributed by atoms with van der Waals surface area (Å²) in [7, 11) is 1.72. The van der Waals surface area contributed by atoms with E-state index in [4.69, 9.17) is 35.6 Å². The Morgan fingerprint density at radius 1 is 1.21 bits per heavy atom. The van der Waals surface area contributed by atoms with Crippen LogP contribution in [0.25, 0.3) is 5.69 Å². The van der Waals surface area contributed by atoms with E-state index in [0.717, 1.165) is 11.4 Å². The molecule has 0 aliphatic heterocycles. The number of anilines is 2. The number of aromatic amines is 2. The van der Waals surface area contributed by atoms with Crippen molar-refractivity contribution in [3.8, 4) is 23.8 Å². The molecule has 0 fully saturated rings. The molecule has 0 spiro atoms. The monoisotopic (exact) mass is 411 g/mol. The second-order valence-electron chi connectivity index (χ2n) is 5.64. The summed E-state index contributed by atoms with van der Waals surface area (Å²) in [5.74, 6) is 2.24. The molecule has 2 aromatic carbocycles. The summed E-state index contributed by atoms with van der Waals surface area (Å²) in [5, 5.41) is 11.7. The SMILES string of the molecule is C#CC(=O)c1cc(OCNc2cccc(-n3c(=S)[nH][nH]c3=S)c2)ccc1NC. The first-order valence-electron chi connectivity index (χ1n) is 8.23. The molecule has 28 heavy (non-hydrogen) atoms. The lowest BCUT2D eigenvalue weighted by Gasteiger charge is -2.12. The van der Waals surface area contributed by atoms with Gasteiger partial charge in [-0.15, -0.1) is 6.42 Å². The van der Waals surface area contributed by atoms with Crippen LogP contribution in [0.3, 0.4) is 0 Å². The Hall–Kier alpha value is -3.35. The summed E-state index contributed by atoms with van der Waals surface area (Å²) in [4.78, 5) is 11.9. The van der Waals surface area contributed by atoms with Gasteiger partial charge < -0.3 is 15.4 Å². The van der Waals surface area contributed by atoms with Crippen molar-refractivity contribution in [3.05, 3.63) is 57.6 Å². The van der Waals surface area contributed by atoms with E-state index in [-0.39, 0.29) is 6.73 Å². The molecule has 3 rings (SSSR count). The standard InChI is InChI=1S/C19H17N5O2S2/c1-3-17(25)15-10-14(7-8-16(15)20-2)26-11-21-12-5-4-6-13(9-12)24-18(27)22-23-19(24)28/h1,4-10,20-21H,11H2,2H3,(H,22,27)(H,23,28). The average Bonchev–Trinajstić information content (AvgIpc) is 3.05. The second-order valence-corrected chi connectivity index (χ2v) is 6.42. The number of aromatic nitrogens is 3. The molecule has 0 saturated heterocycles. The molecule has 3 aromatic rings. The van der Waals surface area contributed by atoms with Gasteiger partial charge in [0.15, 0.2) is 16.3 Å². The Bertz CT molecular complexity index is 1140. The number of Topliss-reactive ketones (excluding diaryl/α,β-unsaturated/α-hetero) is 1. The maximum Gasteiger partial charge on any atom is 0.237 e. The average molecular weight is 412 g/mol. The third-order valence-electron chi connectivity index (χ3n) is 3.94. The van der Waals surface area contributed by atoms with Crippen LogP contribution in [0, 0.1) is 21.9 Å². The van der Waals surface area contributed by atoms with E-state index in [0.29, 0.717) is 26.5 Å². The summed E-state index contributed by atoms with van der Waals surface area (Å²) in [6, 6.07) is 12.7. The van der Waals surface area contributed by atoms with E-state index in [1.165, 1.54) is 0 Å². The lowest BCUT2D eigenvalue weighted by atomic mass is 10.1. The zero-order valence-corrected chi connectivity index (χ0v) is 16.5. The summed E-state index contributed by atoms with van der Waals surface area (Å²) >= 11 is 10.5. The lowest BCUT2D eigenvalue weighted by molar-refractivity contribution is 0.105. The molecule has 0 aliphatic carbocycles. The van der Waals surface area contributed by atoms with Crippen LogP contribution in [0.1, 0.15) is 10.4 Å². The van der Waals surface area contributed by atoms with Crippen molar-refractivity contribution >= 4 is 41.6 Å². The fourth-order valence-corrected chi connectivity index (χ4v) is 3.15. The van der Waals surface area contributed by atoms with E-state index in [1.54, 1.807) is 29.8 Å². The third kappa shape index (κ3) is 4.14. The molecule has 4 N–H and O–H groups in total. The number of ketones is 1. The highest BCUT2D eigenvalue weighted by molar-refractivity contribution is 7.72. The first-order valence-corrected chi connectivity index (χ1v) is 9.04. The van der Waals surface area contributed by atoms with E-state index < -0.39 is 5.78 Å². The molecule has 1 aromatic heterocycles. The van der Waals surface area contributed by atoms with Crippen molar-refractivity contribution in [2.75, 3.05) is 24.4 Å². The molecule has 142 valence electrons. The van der Waals surface area contributed by atoms with Crippen LogP contribution in [-0.2, 0) is 0 Å². The highest BCUT2D eigenvalue weighted by Crippen LogP contribution is 2.23. The molecular weight excluding hydrogens is 394 g/mol. The lowest BCUT2D eigenvalue weighted by Crippen LogP contribution is -2.10. The number of carbonyl (C=O) groups excluding carboxylic acids is 1. The van der Waals surface area contributed by atoms with Gasteiger partial charge in [0.05, 0.1) is 11.3 Å². The molecular formula is C19H17N5O2S2. The Labute approximate surface area is 171 Å². The number of ether oxygens (including phenoxy) is 1. The van der Waals surface area contributed by atoms with Gasteiger partial charge in [0, 0.05) is 18.4 Å². The van der Waals surface area contributed by atoms with Crippen LogP contribution in [0.15, 0.2) is 42.5 Å². The molecule has 0 amide bonds. The van der Waals surface area contributed by atoms with Gasteiger partial charge in [0.1, 0.15) is 5.75 Å². The number of H-pyrrole nitrogens is 2. The molecule has 0 bridgehead atoms. The maximum atomic E-state index is 11.9. The third-order valence-corrected chi connectivity index (χ3v) is 4.51. The maximum absolute atomic E-state index is 11.9. The van der Waals surface area contributed by atoms with E-state index in [9.17, 15) is 4.79 Å². The number of hydrogen-bond donors (Lipinski definition) is 4. The summed E-state index contributed by atoms with van der Waals surface area (Å²) in [6.07, 6.45) is 5.23. The number of carbonyl (C=O) groups is 1. The van der Waals surface area contributed by atoms with Crippen molar-refractivity contribution in [1.82, 2.24) is 14.8 Å². The van der Waals surface area contributed by atoms with E-state index >= 15 is 0 Å². The highest BCUT2D eigenvalue weighted by atomic mass is 32.1. The minimum Gasteiger partial charge on any atom is -0.473 e. The predicted octanol–water partition coefficient (Wildman–Crippen LogP) is 3.90. The molecule has 0 atom stereocenters. The number of benzene rings is 2. The van der Waals surface area contributed by atoms with Gasteiger partial charge in [-0.1, -0.05) is 6.07 Å².